The van der Waals surface area contributed by atoms with Crippen molar-refractivity contribution >= 4 is 17.6 Å². The lowest BCUT2D eigenvalue weighted by Gasteiger charge is -2.12. The molecular weight excluding hydrogens is 334 g/mol. The number of rotatable bonds is 5. The molecule has 0 aliphatic carbocycles. The minimum absolute atomic E-state index is 0.174. The van der Waals surface area contributed by atoms with Crippen molar-refractivity contribution in [2.45, 2.75) is 6.92 Å². The van der Waals surface area contributed by atoms with Gasteiger partial charge in [-0.05, 0) is 43.3 Å². The van der Waals surface area contributed by atoms with Crippen LogP contribution < -0.4 is 10.1 Å². The zero-order valence-corrected chi connectivity index (χ0v) is 14.3. The summed E-state index contributed by atoms with van der Waals surface area (Å²) in [5.41, 5.74) is 2.51. The van der Waals surface area contributed by atoms with E-state index in [9.17, 15) is 9.59 Å². The number of carbonyl (C=O) groups excluding carboxylic acids is 1. The number of carboxylic acid groups (broad SMARTS) is 1. The Labute approximate surface area is 150 Å². The minimum atomic E-state index is -1.16. The van der Waals surface area contributed by atoms with Crippen LogP contribution in [0.2, 0.25) is 0 Å². The number of hydrogen-bond donors (Lipinski definition) is 2. The fourth-order valence-electron chi connectivity index (χ4n) is 2.55. The number of anilines is 1. The molecule has 26 heavy (non-hydrogen) atoms. The molecule has 0 fully saturated rings. The van der Waals surface area contributed by atoms with E-state index in [0.717, 1.165) is 5.56 Å². The SMILES string of the molecule is COc1ccc(-c2ccc(C(=O)O)o2)c(NC(=O)c2cccc(C)c2)c1. The summed E-state index contributed by atoms with van der Waals surface area (Å²) in [5.74, 6) is -0.724. The van der Waals surface area contributed by atoms with Gasteiger partial charge in [0.2, 0.25) is 5.76 Å². The van der Waals surface area contributed by atoms with Gasteiger partial charge in [-0.15, -0.1) is 0 Å². The summed E-state index contributed by atoms with van der Waals surface area (Å²) in [6, 6.07) is 15.2. The molecule has 0 aliphatic rings. The van der Waals surface area contributed by atoms with E-state index in [0.29, 0.717) is 28.3 Å². The number of furan rings is 1. The van der Waals surface area contributed by atoms with Gasteiger partial charge >= 0.3 is 5.97 Å². The van der Waals surface area contributed by atoms with Gasteiger partial charge < -0.3 is 19.6 Å². The monoisotopic (exact) mass is 351 g/mol. The lowest BCUT2D eigenvalue weighted by atomic mass is 10.1. The Kier molecular flexibility index (Phi) is 4.75. The first-order chi connectivity index (χ1) is 12.5. The second-order valence-corrected chi connectivity index (χ2v) is 5.70. The van der Waals surface area contributed by atoms with Crippen LogP contribution in [0.25, 0.3) is 11.3 Å². The maximum absolute atomic E-state index is 12.6. The van der Waals surface area contributed by atoms with Crippen molar-refractivity contribution in [2.24, 2.45) is 0 Å². The zero-order valence-electron chi connectivity index (χ0n) is 14.3. The molecule has 3 rings (SSSR count). The highest BCUT2D eigenvalue weighted by Crippen LogP contribution is 2.33. The van der Waals surface area contributed by atoms with Crippen LogP contribution in [0.1, 0.15) is 26.5 Å². The molecule has 2 N–H and O–H groups in total. The molecule has 2 aromatic carbocycles. The van der Waals surface area contributed by atoms with E-state index >= 15 is 0 Å². The fourth-order valence-corrected chi connectivity index (χ4v) is 2.55. The van der Waals surface area contributed by atoms with Crippen LogP contribution in [0.4, 0.5) is 5.69 Å². The summed E-state index contributed by atoms with van der Waals surface area (Å²) >= 11 is 0. The Balaban J connectivity index is 1.98. The van der Waals surface area contributed by atoms with E-state index < -0.39 is 5.97 Å². The third-order valence-corrected chi connectivity index (χ3v) is 3.84. The number of amides is 1. The summed E-state index contributed by atoms with van der Waals surface area (Å²) in [7, 11) is 1.52. The maximum Gasteiger partial charge on any atom is 0.371 e. The number of carbonyl (C=O) groups is 2. The Morgan fingerprint density at radius 3 is 2.54 bits per heavy atom. The topological polar surface area (TPSA) is 88.8 Å². The van der Waals surface area contributed by atoms with Crippen LogP contribution >= 0.6 is 0 Å². The molecule has 0 unspecified atom stereocenters. The Hall–Kier alpha value is -3.54. The highest BCUT2D eigenvalue weighted by molar-refractivity contribution is 6.06. The Morgan fingerprint density at radius 2 is 1.88 bits per heavy atom. The van der Waals surface area contributed by atoms with Crippen molar-refractivity contribution in [3.05, 3.63) is 71.5 Å². The molecule has 6 nitrogen and oxygen atoms in total. The van der Waals surface area contributed by atoms with E-state index in [2.05, 4.69) is 5.32 Å². The number of aromatic carboxylic acids is 1. The first-order valence-corrected chi connectivity index (χ1v) is 7.87. The molecule has 0 aliphatic heterocycles. The van der Waals surface area contributed by atoms with E-state index in [1.165, 1.54) is 13.2 Å². The third-order valence-electron chi connectivity index (χ3n) is 3.84. The summed E-state index contributed by atoms with van der Waals surface area (Å²) in [4.78, 5) is 23.6. The van der Waals surface area contributed by atoms with Gasteiger partial charge in [0.1, 0.15) is 11.5 Å². The second kappa shape index (κ2) is 7.14. The van der Waals surface area contributed by atoms with Gasteiger partial charge in [-0.25, -0.2) is 4.79 Å². The molecule has 132 valence electrons. The van der Waals surface area contributed by atoms with Gasteiger partial charge in [0.15, 0.2) is 0 Å². The van der Waals surface area contributed by atoms with Gasteiger partial charge in [0, 0.05) is 17.2 Å². The normalized spacial score (nSPS) is 10.4. The molecule has 0 radical (unpaired) electrons. The van der Waals surface area contributed by atoms with Crippen LogP contribution in [0.15, 0.2) is 59.0 Å². The van der Waals surface area contributed by atoms with Gasteiger partial charge in [-0.3, -0.25) is 4.79 Å². The molecule has 0 atom stereocenters. The number of aryl methyl sites for hydroxylation is 1. The molecule has 0 saturated carbocycles. The zero-order chi connectivity index (χ0) is 18.7. The number of methoxy groups -OCH3 is 1. The third kappa shape index (κ3) is 3.59. The van der Waals surface area contributed by atoms with E-state index in [1.54, 1.807) is 36.4 Å². The van der Waals surface area contributed by atoms with E-state index in [1.807, 2.05) is 19.1 Å². The first kappa shape index (κ1) is 17.3. The van der Waals surface area contributed by atoms with Crippen LogP contribution in [0.3, 0.4) is 0 Å². The average molecular weight is 351 g/mol. The number of hydrogen-bond acceptors (Lipinski definition) is 4. The Morgan fingerprint density at radius 1 is 1.08 bits per heavy atom. The molecule has 0 saturated heterocycles. The Bertz CT molecular complexity index is 974. The van der Waals surface area contributed by atoms with Crippen molar-refractivity contribution in [3.63, 3.8) is 0 Å². The highest BCUT2D eigenvalue weighted by Gasteiger charge is 2.16. The number of carboxylic acids is 1. The van der Waals surface area contributed by atoms with Gasteiger partial charge in [0.25, 0.3) is 5.91 Å². The standard InChI is InChI=1S/C20H17NO5/c1-12-4-3-5-13(10-12)19(22)21-16-11-14(25-2)6-7-15(16)17-8-9-18(26-17)20(23)24/h3-11H,1-2H3,(H,21,22)(H,23,24). The number of nitrogens with one attached hydrogen (secondary N) is 1. The van der Waals surface area contributed by atoms with Crippen LogP contribution in [-0.2, 0) is 0 Å². The quantitative estimate of drug-likeness (QED) is 0.719. The van der Waals surface area contributed by atoms with Gasteiger partial charge in [-0.2, -0.15) is 0 Å². The maximum atomic E-state index is 12.6. The summed E-state index contributed by atoms with van der Waals surface area (Å²) in [6.07, 6.45) is 0. The van der Waals surface area contributed by atoms with Gasteiger partial charge in [-0.1, -0.05) is 17.7 Å². The molecular formula is C20H17NO5. The smallest absolute Gasteiger partial charge is 0.371 e. The predicted octanol–water partition coefficient (Wildman–Crippen LogP) is 4.21. The minimum Gasteiger partial charge on any atom is -0.497 e. The molecule has 3 aromatic rings. The lowest BCUT2D eigenvalue weighted by Crippen LogP contribution is -2.12. The molecule has 6 heteroatoms. The predicted molar refractivity (Wildman–Crippen MR) is 96.8 cm³/mol. The van der Waals surface area contributed by atoms with Crippen LogP contribution in [0.5, 0.6) is 5.75 Å². The van der Waals surface area contributed by atoms with Crippen molar-refractivity contribution in [3.8, 4) is 17.1 Å². The molecule has 0 bridgehead atoms. The van der Waals surface area contributed by atoms with Crippen molar-refractivity contribution in [1.29, 1.82) is 0 Å². The average Bonchev–Trinajstić information content (AvgIpc) is 3.11. The largest absolute Gasteiger partial charge is 0.497 e. The summed E-state index contributed by atoms with van der Waals surface area (Å²) < 4.78 is 10.6. The van der Waals surface area contributed by atoms with E-state index in [-0.39, 0.29) is 11.7 Å². The molecule has 1 amide bonds. The highest BCUT2D eigenvalue weighted by atomic mass is 16.5. The molecule has 0 spiro atoms. The fraction of sp³-hybridized carbons (Fsp3) is 0.100. The molecule has 1 heterocycles. The van der Waals surface area contributed by atoms with Gasteiger partial charge in [0.05, 0.1) is 12.8 Å². The van der Waals surface area contributed by atoms with Crippen molar-refractivity contribution < 1.29 is 23.8 Å². The first-order valence-electron chi connectivity index (χ1n) is 7.87. The summed E-state index contributed by atoms with van der Waals surface area (Å²) in [6.45, 7) is 1.91. The van der Waals surface area contributed by atoms with E-state index in [4.69, 9.17) is 14.3 Å². The molecule has 1 aromatic heterocycles. The van der Waals surface area contributed by atoms with Crippen molar-refractivity contribution in [1.82, 2.24) is 0 Å². The second-order valence-electron chi connectivity index (χ2n) is 5.70. The number of benzene rings is 2. The number of ether oxygens (including phenoxy) is 1. The van der Waals surface area contributed by atoms with Crippen LogP contribution in [-0.4, -0.2) is 24.1 Å². The van der Waals surface area contributed by atoms with Crippen molar-refractivity contribution in [2.75, 3.05) is 12.4 Å². The summed E-state index contributed by atoms with van der Waals surface area (Å²) in [5, 5.41) is 11.9. The van der Waals surface area contributed by atoms with Crippen LogP contribution in [0, 0.1) is 6.92 Å². The lowest BCUT2D eigenvalue weighted by molar-refractivity contribution is 0.0663.